The molecule has 0 radical (unpaired) electrons. The summed E-state index contributed by atoms with van der Waals surface area (Å²) >= 11 is 0. The Kier molecular flexibility index (Phi) is 8.03. The number of para-hydroxylation sites is 1. The van der Waals surface area contributed by atoms with Crippen LogP contribution in [0.1, 0.15) is 40.4 Å². The van der Waals surface area contributed by atoms with E-state index < -0.39 is 6.10 Å². The lowest BCUT2D eigenvalue weighted by molar-refractivity contribution is -0.122. The second-order valence-electron chi connectivity index (χ2n) is 7.81. The summed E-state index contributed by atoms with van der Waals surface area (Å²) in [4.78, 5) is 25.7. The van der Waals surface area contributed by atoms with Gasteiger partial charge in [-0.05, 0) is 56.0 Å². The van der Waals surface area contributed by atoms with Crippen LogP contribution in [0.4, 0.5) is 5.69 Å². The highest BCUT2D eigenvalue weighted by Crippen LogP contribution is 2.22. The maximum Gasteiger partial charge on any atom is 0.265 e. The minimum Gasteiger partial charge on any atom is -0.480 e. The molecule has 0 spiro atoms. The van der Waals surface area contributed by atoms with Crippen molar-refractivity contribution in [1.29, 1.82) is 0 Å². The number of rotatable bonds is 9. The van der Waals surface area contributed by atoms with Gasteiger partial charge in [0.2, 0.25) is 0 Å². The zero-order valence-electron chi connectivity index (χ0n) is 18.9. The van der Waals surface area contributed by atoms with Crippen molar-refractivity contribution < 1.29 is 14.3 Å². The fraction of sp³-hybridized carbons (Fsp3) is 0.259. The van der Waals surface area contributed by atoms with E-state index in [1.807, 2.05) is 69.3 Å². The third-order valence-electron chi connectivity index (χ3n) is 5.23. The Morgan fingerprint density at radius 2 is 1.66 bits per heavy atom. The molecule has 3 rings (SSSR count). The number of nitrogens with one attached hydrogen (secondary N) is 2. The molecule has 5 heteroatoms. The highest BCUT2D eigenvalue weighted by molar-refractivity contribution is 6.04. The van der Waals surface area contributed by atoms with E-state index in [4.69, 9.17) is 4.74 Å². The first-order valence-corrected chi connectivity index (χ1v) is 10.9. The summed E-state index contributed by atoms with van der Waals surface area (Å²) < 4.78 is 5.99. The third kappa shape index (κ3) is 6.20. The van der Waals surface area contributed by atoms with E-state index in [1.54, 1.807) is 24.3 Å². The van der Waals surface area contributed by atoms with Gasteiger partial charge in [-0.25, -0.2) is 0 Å². The standard InChI is InChI=1S/C27H30N2O3/c1-4-24(32-25-15-14-19(2)18-20(25)3)27(31)29-23-13-9-8-12-22(23)26(30)28-17-16-21-10-6-5-7-11-21/h5-15,18,24H,4,16-17H2,1-3H3,(H,28,30)(H,29,31). The van der Waals surface area contributed by atoms with E-state index in [2.05, 4.69) is 10.6 Å². The van der Waals surface area contributed by atoms with Crippen molar-refractivity contribution in [2.75, 3.05) is 11.9 Å². The van der Waals surface area contributed by atoms with Crippen LogP contribution in [0.3, 0.4) is 0 Å². The number of anilines is 1. The Labute approximate surface area is 189 Å². The van der Waals surface area contributed by atoms with E-state index in [9.17, 15) is 9.59 Å². The third-order valence-corrected chi connectivity index (χ3v) is 5.23. The summed E-state index contributed by atoms with van der Waals surface area (Å²) in [7, 11) is 0. The van der Waals surface area contributed by atoms with Gasteiger partial charge in [-0.1, -0.05) is 67.1 Å². The molecule has 0 fully saturated rings. The first kappa shape index (κ1) is 23.1. The van der Waals surface area contributed by atoms with Gasteiger partial charge in [0.15, 0.2) is 6.10 Å². The van der Waals surface area contributed by atoms with E-state index >= 15 is 0 Å². The van der Waals surface area contributed by atoms with Gasteiger partial charge < -0.3 is 15.4 Å². The lowest BCUT2D eigenvalue weighted by atomic mass is 10.1. The zero-order chi connectivity index (χ0) is 22.9. The monoisotopic (exact) mass is 430 g/mol. The minimum absolute atomic E-state index is 0.222. The molecule has 2 amide bonds. The lowest BCUT2D eigenvalue weighted by Crippen LogP contribution is -2.34. The van der Waals surface area contributed by atoms with Gasteiger partial charge >= 0.3 is 0 Å². The highest BCUT2D eigenvalue weighted by atomic mass is 16.5. The predicted molar refractivity (Wildman–Crippen MR) is 128 cm³/mol. The summed E-state index contributed by atoms with van der Waals surface area (Å²) in [6.45, 7) is 6.39. The molecule has 0 heterocycles. The van der Waals surface area contributed by atoms with Crippen molar-refractivity contribution in [3.8, 4) is 5.75 Å². The number of hydrogen-bond donors (Lipinski definition) is 2. The van der Waals surface area contributed by atoms with E-state index in [1.165, 1.54) is 0 Å². The minimum atomic E-state index is -0.661. The zero-order valence-corrected chi connectivity index (χ0v) is 18.9. The van der Waals surface area contributed by atoms with Crippen LogP contribution in [0.2, 0.25) is 0 Å². The molecule has 1 atom stereocenters. The van der Waals surface area contributed by atoms with Crippen molar-refractivity contribution in [3.05, 3.63) is 95.1 Å². The first-order chi connectivity index (χ1) is 15.5. The molecule has 3 aromatic rings. The number of carbonyl (C=O) groups excluding carboxylic acids is 2. The molecule has 0 bridgehead atoms. The van der Waals surface area contributed by atoms with Crippen molar-refractivity contribution in [1.82, 2.24) is 5.32 Å². The molecule has 0 saturated carbocycles. The van der Waals surface area contributed by atoms with Crippen molar-refractivity contribution in [2.24, 2.45) is 0 Å². The fourth-order valence-electron chi connectivity index (χ4n) is 3.47. The van der Waals surface area contributed by atoms with Crippen LogP contribution < -0.4 is 15.4 Å². The second-order valence-corrected chi connectivity index (χ2v) is 7.81. The molecule has 0 saturated heterocycles. The van der Waals surface area contributed by atoms with Gasteiger partial charge in [-0.2, -0.15) is 0 Å². The smallest absolute Gasteiger partial charge is 0.265 e. The Hall–Kier alpha value is -3.60. The van der Waals surface area contributed by atoms with Crippen LogP contribution in [0, 0.1) is 13.8 Å². The van der Waals surface area contributed by atoms with Crippen molar-refractivity contribution in [2.45, 2.75) is 39.7 Å². The summed E-state index contributed by atoms with van der Waals surface area (Å²) in [5.41, 5.74) is 4.17. The molecule has 1 unspecified atom stereocenters. The summed E-state index contributed by atoms with van der Waals surface area (Å²) in [5.74, 6) is 0.182. The maximum absolute atomic E-state index is 12.9. The molecule has 32 heavy (non-hydrogen) atoms. The average molecular weight is 431 g/mol. The molecule has 3 aromatic carbocycles. The summed E-state index contributed by atoms with van der Waals surface area (Å²) in [6.07, 6.45) is 0.582. The maximum atomic E-state index is 12.9. The van der Waals surface area contributed by atoms with Gasteiger partial charge in [0.05, 0.1) is 11.3 Å². The highest BCUT2D eigenvalue weighted by Gasteiger charge is 2.21. The largest absolute Gasteiger partial charge is 0.480 e. The van der Waals surface area contributed by atoms with Crippen molar-refractivity contribution >= 4 is 17.5 Å². The van der Waals surface area contributed by atoms with Crippen LogP contribution >= 0.6 is 0 Å². The number of amides is 2. The van der Waals surface area contributed by atoms with Crippen LogP contribution in [0.15, 0.2) is 72.8 Å². The van der Waals surface area contributed by atoms with Crippen LogP contribution in [-0.4, -0.2) is 24.5 Å². The van der Waals surface area contributed by atoms with Gasteiger partial charge in [0.1, 0.15) is 5.75 Å². The van der Waals surface area contributed by atoms with Gasteiger partial charge in [-0.3, -0.25) is 9.59 Å². The molecule has 0 aliphatic heterocycles. The van der Waals surface area contributed by atoms with Crippen LogP contribution in [-0.2, 0) is 11.2 Å². The Balaban J connectivity index is 1.64. The van der Waals surface area contributed by atoms with Crippen LogP contribution in [0.25, 0.3) is 0 Å². The van der Waals surface area contributed by atoms with Gasteiger partial charge in [0, 0.05) is 6.54 Å². The fourth-order valence-corrected chi connectivity index (χ4v) is 3.47. The number of hydrogen-bond acceptors (Lipinski definition) is 3. The molecule has 0 aromatic heterocycles. The molecular formula is C27H30N2O3. The SMILES string of the molecule is CCC(Oc1ccc(C)cc1C)C(=O)Nc1ccccc1C(=O)NCCc1ccccc1. The Morgan fingerprint density at radius 1 is 0.938 bits per heavy atom. The van der Waals surface area contributed by atoms with E-state index in [0.29, 0.717) is 30.0 Å². The Morgan fingerprint density at radius 3 is 2.38 bits per heavy atom. The first-order valence-electron chi connectivity index (χ1n) is 10.9. The Bertz CT molecular complexity index is 1060. The second kappa shape index (κ2) is 11.1. The molecular weight excluding hydrogens is 400 g/mol. The molecule has 2 N–H and O–H groups in total. The van der Waals surface area contributed by atoms with Crippen LogP contribution in [0.5, 0.6) is 5.75 Å². The normalized spacial score (nSPS) is 11.5. The number of benzene rings is 3. The van der Waals surface area contributed by atoms with E-state index in [0.717, 1.165) is 23.1 Å². The number of aryl methyl sites for hydroxylation is 2. The van der Waals surface area contributed by atoms with Gasteiger partial charge in [0.25, 0.3) is 11.8 Å². The average Bonchev–Trinajstić information content (AvgIpc) is 2.79. The molecule has 0 aliphatic carbocycles. The van der Waals surface area contributed by atoms with Gasteiger partial charge in [-0.15, -0.1) is 0 Å². The predicted octanol–water partition coefficient (Wildman–Crippen LogP) is 5.07. The number of ether oxygens (including phenoxy) is 1. The molecule has 166 valence electrons. The molecule has 5 nitrogen and oxygen atoms in total. The lowest BCUT2D eigenvalue weighted by Gasteiger charge is -2.20. The topological polar surface area (TPSA) is 67.4 Å². The molecule has 0 aliphatic rings. The van der Waals surface area contributed by atoms with E-state index in [-0.39, 0.29) is 11.8 Å². The van der Waals surface area contributed by atoms with Crippen molar-refractivity contribution in [3.63, 3.8) is 0 Å². The number of carbonyl (C=O) groups is 2. The summed E-state index contributed by atoms with van der Waals surface area (Å²) in [5, 5.41) is 5.81. The summed E-state index contributed by atoms with van der Waals surface area (Å²) in [6, 6.07) is 22.9. The quantitative estimate of drug-likeness (QED) is 0.498.